The highest BCUT2D eigenvalue weighted by atomic mass is 16.5. The SMILES string of the molecule is C.C.C.C=C(C)C(=O)OCCNC(=O)OC.CCC(C)CC.COC(=O)C1CCCCC1C(=O)O.Cc1ccc(C(C)(C)c2ccc(C)c(N3C(=O)c4ccc(Oc5ccc6c(c5)C(=O)N(C)C6=O)cc4C3=O)c2)cc1C. The number of hydrogen-bond donors (Lipinski definition) is 2. The fourth-order valence-electron chi connectivity index (χ4n) is 8.22. The number of aliphatic carboxylic acids is 1. The molecule has 0 bridgehead atoms. The van der Waals surface area contributed by atoms with Crippen LogP contribution < -0.4 is 15.0 Å². The molecule has 2 atom stereocenters. The van der Waals surface area contributed by atoms with Gasteiger partial charge in [0, 0.05) is 18.0 Å². The van der Waals surface area contributed by atoms with Crippen molar-refractivity contribution in [2.45, 2.75) is 129 Å². The Morgan fingerprint density at radius 3 is 1.69 bits per heavy atom. The van der Waals surface area contributed by atoms with Gasteiger partial charge in [0.05, 0.1) is 60.5 Å². The monoisotopic (exact) mass is 1070 g/mol. The van der Waals surface area contributed by atoms with Gasteiger partial charge < -0.3 is 29.4 Å². The first-order valence-corrected chi connectivity index (χ1v) is 24.7. The van der Waals surface area contributed by atoms with Gasteiger partial charge in [-0.25, -0.2) is 14.5 Å². The molecule has 2 unspecified atom stereocenters. The molecule has 1 saturated carbocycles. The Morgan fingerprint density at radius 2 is 1.19 bits per heavy atom. The molecular weight excluding hydrogens is 983 g/mol. The molecule has 16 nitrogen and oxygen atoms in total. The number of carbonyl (C=O) groups is 8. The molecule has 0 radical (unpaired) electrons. The maximum Gasteiger partial charge on any atom is 0.406 e. The molecular formula is C61H83N3O13. The second kappa shape index (κ2) is 30.2. The standard InChI is InChI=1S/C35H30N2O5.C9H14O4.C8H13NO4.C6H14.3CH4/c1-19-7-9-22(15-21(19)3)35(4,5)23-10-8-20(2)30(16-23)37-33(40)27-14-12-25(18-29(27)34(37)41)42-24-11-13-26-28(17-24)32(39)36(6)31(26)38;1-13-9(12)7-5-3-2-4-6(7)8(10)11;1-6(2)7(10)13-5-4-9-8(11)12-3;1-4-6(3)5-2;;;/h7-18H,1-6H3;6-7H,2-5H2,1H3,(H,10,11);1,4-5H2,2-3H3,(H,9,11);6H,4-5H2,1-3H3;3*1H4. The van der Waals surface area contributed by atoms with E-state index < -0.39 is 47.6 Å². The van der Waals surface area contributed by atoms with E-state index in [1.807, 2.05) is 25.1 Å². The number of imide groups is 2. The zero-order chi connectivity index (χ0) is 55.2. The summed E-state index contributed by atoms with van der Waals surface area (Å²) >= 11 is 0. The van der Waals surface area contributed by atoms with Crippen molar-refractivity contribution in [3.63, 3.8) is 0 Å². The van der Waals surface area contributed by atoms with E-state index in [1.165, 1.54) is 56.2 Å². The van der Waals surface area contributed by atoms with E-state index in [0.29, 0.717) is 46.7 Å². The van der Waals surface area contributed by atoms with Gasteiger partial charge in [-0.05, 0) is 117 Å². The van der Waals surface area contributed by atoms with E-state index in [1.54, 1.807) is 37.3 Å². The van der Waals surface area contributed by atoms with E-state index in [-0.39, 0.29) is 63.8 Å². The van der Waals surface area contributed by atoms with Crippen LogP contribution in [0, 0.1) is 38.5 Å². The summed E-state index contributed by atoms with van der Waals surface area (Å²) in [5.41, 5.74) is 7.00. The van der Waals surface area contributed by atoms with E-state index >= 15 is 0 Å². The summed E-state index contributed by atoms with van der Waals surface area (Å²) in [5.74, 6) is -2.67. The predicted octanol–water partition coefficient (Wildman–Crippen LogP) is 12.6. The number of fused-ring (bicyclic) bond motifs is 2. The Balaban J connectivity index is 0.000000695. The van der Waals surface area contributed by atoms with Gasteiger partial charge in [-0.3, -0.25) is 33.7 Å². The van der Waals surface area contributed by atoms with Crippen LogP contribution in [0.3, 0.4) is 0 Å². The highest BCUT2D eigenvalue weighted by Crippen LogP contribution is 2.39. The number of methoxy groups -OCH3 is 2. The Bertz CT molecular complexity index is 2770. The maximum absolute atomic E-state index is 13.7. The molecule has 2 heterocycles. The normalized spacial score (nSPS) is 14.9. The van der Waals surface area contributed by atoms with Crippen molar-refractivity contribution >= 4 is 53.3 Å². The number of ether oxygens (including phenoxy) is 4. The molecule has 5 amide bonds. The number of aryl methyl sites for hydroxylation is 3. The van der Waals surface area contributed by atoms with Gasteiger partial charge >= 0.3 is 24.0 Å². The van der Waals surface area contributed by atoms with Crippen LogP contribution in [0.5, 0.6) is 11.5 Å². The lowest BCUT2D eigenvalue weighted by Gasteiger charge is -2.29. The average Bonchev–Trinajstić information content (AvgIpc) is 3.76. The number of anilines is 1. The summed E-state index contributed by atoms with van der Waals surface area (Å²) in [6.07, 6.45) is 5.16. The fraction of sp³-hybridized carbons (Fsp3) is 0.443. The first-order valence-electron chi connectivity index (χ1n) is 24.7. The van der Waals surface area contributed by atoms with Crippen molar-refractivity contribution in [1.29, 1.82) is 0 Å². The van der Waals surface area contributed by atoms with Gasteiger partial charge in [-0.1, -0.05) is 119 Å². The van der Waals surface area contributed by atoms with Gasteiger partial charge in [0.15, 0.2) is 0 Å². The number of hydrogen-bond acceptors (Lipinski definition) is 12. The van der Waals surface area contributed by atoms with Gasteiger partial charge in [0.2, 0.25) is 0 Å². The second-order valence-electron chi connectivity index (χ2n) is 19.2. The number of benzene rings is 4. The molecule has 3 aliphatic rings. The lowest BCUT2D eigenvalue weighted by Crippen LogP contribution is -2.33. The number of nitrogens with zero attached hydrogens (tertiary/aromatic N) is 2. The van der Waals surface area contributed by atoms with Crippen molar-refractivity contribution in [1.82, 2.24) is 10.2 Å². The average molecular weight is 1070 g/mol. The Labute approximate surface area is 456 Å². The van der Waals surface area contributed by atoms with Crippen molar-refractivity contribution in [2.75, 3.05) is 39.3 Å². The van der Waals surface area contributed by atoms with Crippen molar-refractivity contribution in [3.8, 4) is 11.5 Å². The van der Waals surface area contributed by atoms with Crippen LogP contribution in [-0.4, -0.2) is 92.1 Å². The quantitative estimate of drug-likeness (QED) is 0.0420. The Kier molecular flexibility index (Phi) is 26.4. The lowest BCUT2D eigenvalue weighted by molar-refractivity contribution is -0.157. The van der Waals surface area contributed by atoms with E-state index in [2.05, 4.69) is 92.8 Å². The summed E-state index contributed by atoms with van der Waals surface area (Å²) in [6.45, 7) is 22.4. The minimum Gasteiger partial charge on any atom is -0.481 e. The van der Waals surface area contributed by atoms with Gasteiger partial charge in [-0.2, -0.15) is 0 Å². The highest BCUT2D eigenvalue weighted by Gasteiger charge is 2.39. The topological polar surface area (TPSA) is 212 Å². The summed E-state index contributed by atoms with van der Waals surface area (Å²) in [7, 11) is 3.99. The number of carboxylic acids is 1. The molecule has 16 heteroatoms. The maximum atomic E-state index is 13.7. The molecule has 4 aromatic carbocycles. The molecule has 77 heavy (non-hydrogen) atoms. The van der Waals surface area contributed by atoms with Crippen LogP contribution in [0.1, 0.15) is 172 Å². The van der Waals surface area contributed by atoms with Crippen LogP contribution in [0.25, 0.3) is 0 Å². The highest BCUT2D eigenvalue weighted by molar-refractivity contribution is 6.34. The molecule has 1 fully saturated rings. The molecule has 0 saturated heterocycles. The Morgan fingerprint density at radius 1 is 0.701 bits per heavy atom. The summed E-state index contributed by atoms with van der Waals surface area (Å²) in [5, 5.41) is 11.2. The minimum absolute atomic E-state index is 0. The largest absolute Gasteiger partial charge is 0.481 e. The first kappa shape index (κ1) is 67.4. The van der Waals surface area contributed by atoms with Gasteiger partial charge in [0.1, 0.15) is 18.1 Å². The Hall–Kier alpha value is -7.62. The summed E-state index contributed by atoms with van der Waals surface area (Å²) in [4.78, 5) is 97.4. The number of esters is 2. The van der Waals surface area contributed by atoms with E-state index in [9.17, 15) is 38.4 Å². The smallest absolute Gasteiger partial charge is 0.406 e. The van der Waals surface area contributed by atoms with Crippen LogP contribution in [0.2, 0.25) is 0 Å². The second-order valence-corrected chi connectivity index (χ2v) is 19.2. The molecule has 4 aromatic rings. The third-order valence-corrected chi connectivity index (χ3v) is 13.7. The molecule has 7 rings (SSSR count). The summed E-state index contributed by atoms with van der Waals surface area (Å²) < 4.78 is 19.5. The molecule has 420 valence electrons. The van der Waals surface area contributed by atoms with Crippen LogP contribution >= 0.6 is 0 Å². The number of carbonyl (C=O) groups excluding carboxylic acids is 7. The van der Waals surface area contributed by atoms with Crippen LogP contribution in [0.15, 0.2) is 84.9 Å². The molecule has 1 aliphatic carbocycles. The number of alkyl carbamates (subject to hydrolysis) is 1. The van der Waals surface area contributed by atoms with Gasteiger partial charge in [-0.15, -0.1) is 0 Å². The lowest BCUT2D eigenvalue weighted by atomic mass is 9.77. The van der Waals surface area contributed by atoms with Crippen molar-refractivity contribution in [3.05, 3.63) is 135 Å². The van der Waals surface area contributed by atoms with E-state index in [4.69, 9.17) is 9.84 Å². The third kappa shape index (κ3) is 16.7. The minimum atomic E-state index is -0.880. The molecule has 2 aliphatic heterocycles. The fourth-order valence-corrected chi connectivity index (χ4v) is 8.22. The molecule has 2 N–H and O–H groups in total. The number of amides is 5. The molecule has 0 spiro atoms. The zero-order valence-electron chi connectivity index (χ0n) is 44.8. The van der Waals surface area contributed by atoms with Crippen molar-refractivity contribution < 1.29 is 62.4 Å². The predicted molar refractivity (Wildman–Crippen MR) is 301 cm³/mol. The molecule has 0 aromatic heterocycles. The number of rotatable bonds is 13. The zero-order valence-corrected chi connectivity index (χ0v) is 44.8. The van der Waals surface area contributed by atoms with Crippen LogP contribution in [-0.2, 0) is 34.0 Å². The number of nitrogens with one attached hydrogen (secondary N) is 1. The summed E-state index contributed by atoms with van der Waals surface area (Å²) in [6, 6.07) is 21.8. The van der Waals surface area contributed by atoms with Gasteiger partial charge in [0.25, 0.3) is 23.6 Å². The first-order chi connectivity index (χ1) is 34.9. The van der Waals surface area contributed by atoms with E-state index in [0.717, 1.165) is 40.3 Å². The third-order valence-electron chi connectivity index (χ3n) is 13.7. The van der Waals surface area contributed by atoms with Crippen molar-refractivity contribution in [2.24, 2.45) is 17.8 Å². The van der Waals surface area contributed by atoms with Crippen LogP contribution in [0.4, 0.5) is 10.5 Å². The number of carboxylic acid groups (broad SMARTS) is 1.